The molecule has 0 aliphatic carbocycles. The number of hydrogen-bond donors (Lipinski definition) is 3. The summed E-state index contributed by atoms with van der Waals surface area (Å²) in [6, 6.07) is 0. The molecule has 0 amide bonds. The molecule has 300 valence electrons. The molecule has 0 aliphatic rings. The van der Waals surface area contributed by atoms with Crippen LogP contribution in [0.4, 0.5) is 110 Å². The van der Waals surface area contributed by atoms with E-state index in [-0.39, 0.29) is 0 Å². The van der Waals surface area contributed by atoms with E-state index in [4.69, 9.17) is 5.11 Å². The summed E-state index contributed by atoms with van der Waals surface area (Å²) in [4.78, 5) is 10.3. The topological polar surface area (TPSA) is 86.6 Å². The zero-order valence-corrected chi connectivity index (χ0v) is 23.5. The minimum atomic E-state index is -9.67. The van der Waals surface area contributed by atoms with Crippen molar-refractivity contribution in [2.45, 2.75) is 83.8 Å². The van der Waals surface area contributed by atoms with Crippen molar-refractivity contribution in [3.63, 3.8) is 0 Å². The second kappa shape index (κ2) is 13.6. The van der Waals surface area contributed by atoms with Gasteiger partial charge in [0.1, 0.15) is 0 Å². The molecule has 31 heteroatoms. The third kappa shape index (κ3) is 7.22. The predicted molar refractivity (Wildman–Crippen MR) is 109 cm³/mol. The van der Waals surface area contributed by atoms with E-state index in [1.54, 1.807) is 0 Å². The molecule has 2 unspecified atom stereocenters. The van der Waals surface area contributed by atoms with Gasteiger partial charge in [-0.2, -0.15) is 110 Å². The minimum Gasteiger partial charge on any atom is -0.480 e. The van der Waals surface area contributed by atoms with Crippen LogP contribution >= 0.6 is 0 Å². The number of carboxylic acids is 1. The van der Waals surface area contributed by atoms with Gasteiger partial charge in [0.05, 0.1) is 18.4 Å². The lowest BCUT2D eigenvalue weighted by atomic mass is 9.84. The van der Waals surface area contributed by atoms with Crippen LogP contribution < -0.4 is 5.32 Å². The van der Waals surface area contributed by atoms with Gasteiger partial charge in [-0.15, -0.1) is 0 Å². The molecule has 0 radical (unpaired) electrons. The maximum absolute atomic E-state index is 14.0. The number of alkyl halides is 25. The van der Waals surface area contributed by atoms with E-state index in [0.717, 1.165) is 0 Å². The Balaban J connectivity index is 6.78. The number of halogens is 25. The Labute approximate surface area is 260 Å². The van der Waals surface area contributed by atoms with E-state index in [0.29, 0.717) is 0 Å². The third-order valence-electron chi connectivity index (χ3n) is 6.04. The number of carbonyl (C=O) groups is 1. The summed E-state index contributed by atoms with van der Waals surface area (Å²) < 4.78 is 348. The van der Waals surface area contributed by atoms with Gasteiger partial charge in [-0.1, -0.05) is 0 Å². The summed E-state index contributed by atoms with van der Waals surface area (Å²) in [5.41, 5.74) is 0. The van der Waals surface area contributed by atoms with E-state index in [1.807, 2.05) is 5.32 Å². The lowest BCUT2D eigenvalue weighted by Gasteiger charge is -2.45. The fourth-order valence-corrected chi connectivity index (χ4v) is 4.28. The van der Waals surface area contributed by atoms with Gasteiger partial charge in [-0.3, -0.25) is 9.00 Å². The number of hydrogen-bond acceptors (Lipinski definition) is 4. The highest BCUT2D eigenvalue weighted by atomic mass is 32.2. The van der Waals surface area contributed by atoms with Gasteiger partial charge in [0.25, 0.3) is 0 Å². The van der Waals surface area contributed by atoms with Gasteiger partial charge >= 0.3 is 77.3 Å². The normalized spacial score (nSPS) is 17.2. The summed E-state index contributed by atoms with van der Waals surface area (Å²) in [6.45, 7) is -1.82. The molecule has 0 saturated carbocycles. The fourth-order valence-electron chi connectivity index (χ4n) is 3.09. The Hall–Kier alpha value is -2.21. The molecular weight excluding hydrogens is 813 g/mol. The van der Waals surface area contributed by atoms with Crippen molar-refractivity contribution in [1.82, 2.24) is 5.32 Å². The van der Waals surface area contributed by atoms with Crippen LogP contribution in [0.1, 0.15) is 6.42 Å². The molecule has 0 aromatic heterocycles. The molecule has 0 spiro atoms. The summed E-state index contributed by atoms with van der Waals surface area (Å²) >= 11 is 0. The third-order valence-corrected chi connectivity index (χ3v) is 7.46. The molecule has 0 bridgehead atoms. The van der Waals surface area contributed by atoms with Crippen LogP contribution in [0.2, 0.25) is 0 Å². The highest BCUT2D eigenvalue weighted by Crippen LogP contribution is 2.67. The Morgan fingerprint density at radius 3 is 1.08 bits per heavy atom. The first-order chi connectivity index (χ1) is 21.5. The van der Waals surface area contributed by atoms with Crippen molar-refractivity contribution in [3.8, 4) is 0 Å². The van der Waals surface area contributed by atoms with E-state index in [9.17, 15) is 124 Å². The van der Waals surface area contributed by atoms with Crippen molar-refractivity contribution < 1.29 is 129 Å². The van der Waals surface area contributed by atoms with Gasteiger partial charge in [0, 0.05) is 29.5 Å². The molecule has 2 atom stereocenters. The van der Waals surface area contributed by atoms with Gasteiger partial charge in [-0.05, 0) is 0 Å². The Morgan fingerprint density at radius 2 is 0.800 bits per heavy atom. The zero-order valence-electron chi connectivity index (χ0n) is 22.7. The van der Waals surface area contributed by atoms with Gasteiger partial charge in [-0.25, -0.2) is 0 Å². The number of aliphatic hydroxyl groups excluding tert-OH is 1. The van der Waals surface area contributed by atoms with Crippen molar-refractivity contribution in [3.05, 3.63) is 0 Å². The summed E-state index contributed by atoms with van der Waals surface area (Å²) in [5.74, 6) is -105. The summed E-state index contributed by atoms with van der Waals surface area (Å²) in [7, 11) is -3.16. The second-order valence-electron chi connectivity index (χ2n) is 9.69. The van der Waals surface area contributed by atoms with Crippen LogP contribution in [-0.4, -0.2) is 122 Å². The molecular formula is C19H14F25NO4S. The van der Waals surface area contributed by atoms with Crippen molar-refractivity contribution in [2.24, 2.45) is 0 Å². The zero-order chi connectivity index (χ0) is 41.0. The van der Waals surface area contributed by atoms with Gasteiger partial charge in [0.15, 0.2) is 0 Å². The van der Waals surface area contributed by atoms with Crippen LogP contribution in [0, 0.1) is 0 Å². The van der Waals surface area contributed by atoms with E-state index in [1.165, 1.54) is 0 Å². The molecule has 0 aliphatic heterocycles. The number of aliphatic carboxylic acids is 1. The molecule has 0 aromatic carbocycles. The quantitative estimate of drug-likeness (QED) is 0.126. The van der Waals surface area contributed by atoms with Gasteiger partial charge in [0.2, 0.25) is 0 Å². The highest BCUT2D eigenvalue weighted by molar-refractivity contribution is 7.85. The van der Waals surface area contributed by atoms with Crippen LogP contribution in [0.25, 0.3) is 0 Å². The Morgan fingerprint density at radius 1 is 0.520 bits per heavy atom. The van der Waals surface area contributed by atoms with Crippen molar-refractivity contribution in [2.75, 3.05) is 24.6 Å². The molecule has 0 rings (SSSR count). The summed E-state index contributed by atoms with van der Waals surface area (Å²) in [5, 5.41) is 19.6. The second-order valence-corrected chi connectivity index (χ2v) is 11.3. The van der Waals surface area contributed by atoms with Crippen molar-refractivity contribution >= 4 is 16.8 Å². The lowest BCUT2D eigenvalue weighted by Crippen LogP contribution is -2.78. The van der Waals surface area contributed by atoms with Crippen molar-refractivity contribution in [1.29, 1.82) is 0 Å². The maximum Gasteiger partial charge on any atom is 0.460 e. The molecule has 0 heterocycles. The monoisotopic (exact) mass is 827 g/mol. The predicted octanol–water partition coefficient (Wildman–Crippen LogP) is 6.71. The largest absolute Gasteiger partial charge is 0.480 e. The van der Waals surface area contributed by atoms with Gasteiger partial charge < -0.3 is 15.5 Å². The van der Waals surface area contributed by atoms with Crippen LogP contribution in [0.3, 0.4) is 0 Å². The molecule has 0 aromatic rings. The molecule has 50 heavy (non-hydrogen) atoms. The molecule has 0 saturated heterocycles. The van der Waals surface area contributed by atoms with Crippen LogP contribution in [0.15, 0.2) is 0 Å². The molecule has 0 fully saturated rings. The first kappa shape index (κ1) is 47.8. The molecule has 3 N–H and O–H groups in total. The van der Waals surface area contributed by atoms with E-state index >= 15 is 0 Å². The fraction of sp³-hybridized carbons (Fsp3) is 0.947. The average Bonchev–Trinajstić information content (AvgIpc) is 2.89. The van der Waals surface area contributed by atoms with Crippen LogP contribution in [-0.2, 0) is 15.6 Å². The first-order valence-corrected chi connectivity index (χ1v) is 13.1. The Kier molecular flexibility index (Phi) is 13.0. The number of carboxylic acid groups (broad SMARTS) is 1. The molecule has 5 nitrogen and oxygen atoms in total. The van der Waals surface area contributed by atoms with E-state index in [2.05, 4.69) is 0 Å². The van der Waals surface area contributed by atoms with Crippen LogP contribution in [0.5, 0.6) is 0 Å². The Bertz CT molecular complexity index is 1230. The summed E-state index contributed by atoms with van der Waals surface area (Å²) in [6.07, 6.45) is -13.4. The first-order valence-electron chi connectivity index (χ1n) is 11.6. The number of aliphatic hydroxyl groups is 1. The standard InChI is InChI=1S/C19H14F25NO4S/c20-8(21,1-2-50(49)5-6(46)3-45-4-7(47)48)9(22,23)10(24,25)11(26,27)12(28,29)13(30,31)14(32,33)15(34,35)16(36,37)17(38,39)18(40,41)19(42,43)44/h6,45-46H,1-5H2,(H,47,48). The maximum atomic E-state index is 14.0. The minimum absolute atomic E-state index is 0.879. The smallest absolute Gasteiger partial charge is 0.460 e. The number of rotatable bonds is 19. The number of nitrogens with one attached hydrogen (secondary N) is 1. The lowest BCUT2D eigenvalue weighted by molar-refractivity contribution is -0.482. The highest BCUT2D eigenvalue weighted by Gasteiger charge is 2.99. The SMILES string of the molecule is O=C(O)CNCC(O)CS(=O)CCC(F)(F)C(F)(F)C(F)(F)C(F)(F)C(F)(F)C(F)(F)C(F)(F)C(F)(F)C(F)(F)C(F)(F)C(F)(F)C(F)(F)F. The average molecular weight is 827 g/mol. The van der Waals surface area contributed by atoms with E-state index < -0.39 is 125 Å².